The summed E-state index contributed by atoms with van der Waals surface area (Å²) in [6.07, 6.45) is 4.67. The highest BCUT2D eigenvalue weighted by Crippen LogP contribution is 2.31. The van der Waals surface area contributed by atoms with Gasteiger partial charge in [0.25, 0.3) is 0 Å². The molecule has 1 N–H and O–H groups in total. The number of benzene rings is 3. The van der Waals surface area contributed by atoms with Crippen molar-refractivity contribution < 1.29 is 13.2 Å². The number of hydrogen-bond acceptors (Lipinski definition) is 3. The molecule has 1 saturated carbocycles. The van der Waals surface area contributed by atoms with E-state index in [1.165, 1.54) is 4.31 Å². The van der Waals surface area contributed by atoms with E-state index in [0.29, 0.717) is 11.4 Å². The molecule has 180 valence electrons. The van der Waals surface area contributed by atoms with Crippen LogP contribution in [0.3, 0.4) is 0 Å². The lowest BCUT2D eigenvalue weighted by Crippen LogP contribution is -2.47. The smallest absolute Gasteiger partial charge is 0.244 e. The molecule has 0 spiro atoms. The Hall–Kier alpha value is -2.70. The van der Waals surface area contributed by atoms with E-state index in [0.717, 1.165) is 65.1 Å². The number of rotatable bonds is 7. The second-order valence-corrected chi connectivity index (χ2v) is 11.3. The molecule has 34 heavy (non-hydrogen) atoms. The van der Waals surface area contributed by atoms with E-state index in [-0.39, 0.29) is 18.5 Å². The number of nitrogens with one attached hydrogen (secondary N) is 1. The number of carbonyl (C=O) groups excluding carboxylic acids is 1. The van der Waals surface area contributed by atoms with Gasteiger partial charge in [0.15, 0.2) is 0 Å². The van der Waals surface area contributed by atoms with Gasteiger partial charge in [-0.05, 0) is 61.1 Å². The van der Waals surface area contributed by atoms with E-state index in [1.54, 1.807) is 0 Å². The van der Waals surface area contributed by atoms with E-state index in [1.807, 2.05) is 75.4 Å². The van der Waals surface area contributed by atoms with Gasteiger partial charge in [0.1, 0.15) is 0 Å². The first-order valence-electron chi connectivity index (χ1n) is 12.1. The Morgan fingerprint density at radius 2 is 1.59 bits per heavy atom. The summed E-state index contributed by atoms with van der Waals surface area (Å²) >= 11 is 0. The Morgan fingerprint density at radius 3 is 2.29 bits per heavy atom. The van der Waals surface area contributed by atoms with Crippen molar-refractivity contribution in [1.82, 2.24) is 9.62 Å². The summed E-state index contributed by atoms with van der Waals surface area (Å²) < 4.78 is 29.3. The molecule has 1 aliphatic carbocycles. The van der Waals surface area contributed by atoms with E-state index < -0.39 is 10.0 Å². The fourth-order valence-electron chi connectivity index (χ4n) is 5.31. The molecular weight excluding hydrogens is 444 g/mol. The average Bonchev–Trinajstić information content (AvgIpc) is 2.80. The normalized spacial score (nSPS) is 15.1. The molecule has 0 heterocycles. The summed E-state index contributed by atoms with van der Waals surface area (Å²) in [6.45, 7) is 5.85. The molecule has 1 amide bonds. The van der Waals surface area contributed by atoms with Crippen LogP contribution in [0.2, 0.25) is 0 Å². The molecule has 0 bridgehead atoms. The summed E-state index contributed by atoms with van der Waals surface area (Å²) in [4.78, 5) is 13.4. The molecule has 0 atom stereocenters. The molecule has 0 saturated heterocycles. The van der Waals surface area contributed by atoms with Crippen molar-refractivity contribution in [3.05, 3.63) is 76.9 Å². The maximum atomic E-state index is 13.9. The van der Waals surface area contributed by atoms with Crippen LogP contribution in [0, 0.1) is 20.8 Å². The van der Waals surface area contributed by atoms with Crippen LogP contribution in [0.25, 0.3) is 10.8 Å². The maximum Gasteiger partial charge on any atom is 0.244 e. The van der Waals surface area contributed by atoms with Gasteiger partial charge in [-0.1, -0.05) is 79.4 Å². The molecule has 1 aliphatic rings. The Balaban J connectivity index is 1.58. The zero-order chi connectivity index (χ0) is 24.3. The van der Waals surface area contributed by atoms with Crippen LogP contribution in [-0.4, -0.2) is 31.2 Å². The third-order valence-electron chi connectivity index (χ3n) is 6.81. The van der Waals surface area contributed by atoms with E-state index in [4.69, 9.17) is 0 Å². The van der Waals surface area contributed by atoms with Crippen molar-refractivity contribution in [1.29, 1.82) is 0 Å². The summed E-state index contributed by atoms with van der Waals surface area (Å²) in [7, 11) is -3.82. The van der Waals surface area contributed by atoms with Gasteiger partial charge in [0.2, 0.25) is 15.9 Å². The average molecular weight is 479 g/mol. The van der Waals surface area contributed by atoms with Crippen LogP contribution in [0.15, 0.2) is 59.5 Å². The maximum absolute atomic E-state index is 13.9. The molecule has 0 radical (unpaired) electrons. The number of amides is 1. The lowest BCUT2D eigenvalue weighted by molar-refractivity contribution is -0.121. The van der Waals surface area contributed by atoms with Gasteiger partial charge in [-0.25, -0.2) is 8.42 Å². The number of fused-ring (bicyclic) bond motifs is 1. The quantitative estimate of drug-likeness (QED) is 0.494. The van der Waals surface area contributed by atoms with Gasteiger partial charge in [-0.15, -0.1) is 0 Å². The first-order chi connectivity index (χ1) is 16.3. The lowest BCUT2D eigenvalue weighted by atomic mass is 9.95. The number of nitrogens with zero attached hydrogens (tertiary/aromatic N) is 1. The van der Waals surface area contributed by atoms with Crippen molar-refractivity contribution in [3.63, 3.8) is 0 Å². The van der Waals surface area contributed by atoms with Crippen LogP contribution in [0.5, 0.6) is 0 Å². The highest BCUT2D eigenvalue weighted by atomic mass is 32.2. The SMILES string of the molecule is Cc1cc(C)c(S(=O)(=O)N(CC(=O)NCc2cccc3ccccc23)C2CCCCC2)c(C)c1. The third kappa shape index (κ3) is 5.18. The Bertz CT molecular complexity index is 1270. The van der Waals surface area contributed by atoms with E-state index >= 15 is 0 Å². The summed E-state index contributed by atoms with van der Waals surface area (Å²) in [6, 6.07) is 17.7. The van der Waals surface area contributed by atoms with Crippen LogP contribution in [-0.2, 0) is 21.4 Å². The summed E-state index contributed by atoms with van der Waals surface area (Å²) in [5, 5.41) is 5.18. The highest BCUT2D eigenvalue weighted by Gasteiger charge is 2.35. The second-order valence-electron chi connectivity index (χ2n) is 9.48. The standard InChI is InChI=1S/C28H34N2O3S/c1-20-16-21(2)28(22(3)17-20)34(32,33)30(25-13-5-4-6-14-25)19-27(31)29-18-24-12-9-11-23-10-7-8-15-26(23)24/h7-12,15-17,25H,4-6,13-14,18-19H2,1-3H3,(H,29,31). The molecular formula is C28H34N2O3S. The first kappa shape index (κ1) is 24.4. The number of hydrogen-bond donors (Lipinski definition) is 1. The minimum absolute atomic E-state index is 0.151. The molecule has 3 aromatic rings. The topological polar surface area (TPSA) is 66.5 Å². The number of aryl methyl sites for hydroxylation is 3. The van der Waals surface area contributed by atoms with Crippen molar-refractivity contribution in [2.45, 2.75) is 70.4 Å². The van der Waals surface area contributed by atoms with Gasteiger partial charge in [0, 0.05) is 12.6 Å². The Kier molecular flexibility index (Phi) is 7.39. The van der Waals surface area contributed by atoms with Gasteiger partial charge in [-0.2, -0.15) is 4.31 Å². The van der Waals surface area contributed by atoms with Crippen LogP contribution in [0.1, 0.15) is 54.4 Å². The molecule has 3 aromatic carbocycles. The molecule has 1 fully saturated rings. The largest absolute Gasteiger partial charge is 0.351 e. The molecule has 0 unspecified atom stereocenters. The predicted molar refractivity (Wildman–Crippen MR) is 137 cm³/mol. The summed E-state index contributed by atoms with van der Waals surface area (Å²) in [5.41, 5.74) is 3.51. The van der Waals surface area contributed by atoms with Crippen LogP contribution >= 0.6 is 0 Å². The fourth-order valence-corrected chi connectivity index (χ4v) is 7.36. The highest BCUT2D eigenvalue weighted by molar-refractivity contribution is 7.89. The van der Waals surface area contributed by atoms with Crippen molar-refractivity contribution >= 4 is 26.7 Å². The van der Waals surface area contributed by atoms with E-state index in [9.17, 15) is 13.2 Å². The van der Waals surface area contributed by atoms with Crippen LogP contribution < -0.4 is 5.32 Å². The molecule has 0 aromatic heterocycles. The molecule has 5 nitrogen and oxygen atoms in total. The number of sulfonamides is 1. The zero-order valence-corrected chi connectivity index (χ0v) is 21.1. The predicted octanol–water partition coefficient (Wildman–Crippen LogP) is 5.40. The van der Waals surface area contributed by atoms with Gasteiger partial charge in [-0.3, -0.25) is 4.79 Å². The second kappa shape index (κ2) is 10.3. The van der Waals surface area contributed by atoms with Crippen molar-refractivity contribution in [2.24, 2.45) is 0 Å². The lowest BCUT2D eigenvalue weighted by Gasteiger charge is -2.33. The van der Waals surface area contributed by atoms with Gasteiger partial charge >= 0.3 is 0 Å². The van der Waals surface area contributed by atoms with E-state index in [2.05, 4.69) is 5.32 Å². The molecule has 0 aliphatic heterocycles. The fraction of sp³-hybridized carbons (Fsp3) is 0.393. The van der Waals surface area contributed by atoms with Crippen LogP contribution in [0.4, 0.5) is 0 Å². The summed E-state index contributed by atoms with van der Waals surface area (Å²) in [5.74, 6) is -0.274. The van der Waals surface area contributed by atoms with Gasteiger partial charge < -0.3 is 5.32 Å². The monoisotopic (exact) mass is 478 g/mol. The van der Waals surface area contributed by atoms with Gasteiger partial charge in [0.05, 0.1) is 11.4 Å². The minimum Gasteiger partial charge on any atom is -0.351 e. The minimum atomic E-state index is -3.82. The first-order valence-corrected chi connectivity index (χ1v) is 13.5. The molecule has 4 rings (SSSR count). The van der Waals surface area contributed by atoms with Crippen molar-refractivity contribution in [2.75, 3.05) is 6.54 Å². The Labute approximate surface area is 203 Å². The number of carbonyl (C=O) groups is 1. The van der Waals surface area contributed by atoms with Crippen molar-refractivity contribution in [3.8, 4) is 0 Å². The third-order valence-corrected chi connectivity index (χ3v) is 9.01. The Morgan fingerprint density at radius 1 is 0.941 bits per heavy atom. The zero-order valence-electron chi connectivity index (χ0n) is 20.3. The molecule has 6 heteroatoms.